The Morgan fingerprint density at radius 2 is 1.70 bits per heavy atom. The van der Waals surface area contributed by atoms with E-state index in [1.54, 1.807) is 37.3 Å². The number of hydrogen-bond acceptors (Lipinski definition) is 5. The topological polar surface area (TPSA) is 92.8 Å². The van der Waals surface area contributed by atoms with Crippen molar-refractivity contribution in [3.8, 4) is 0 Å². The first kappa shape index (κ1) is 24.6. The Balaban J connectivity index is 1.97. The van der Waals surface area contributed by atoms with Crippen molar-refractivity contribution in [1.29, 1.82) is 0 Å². The van der Waals surface area contributed by atoms with E-state index < -0.39 is 28.4 Å². The number of ether oxygens (including phenoxy) is 1. The number of carbonyl (C=O) groups excluding carboxylic acids is 2. The number of aryl methyl sites for hydroxylation is 1. The number of rotatable bonds is 7. The van der Waals surface area contributed by atoms with Gasteiger partial charge in [0.2, 0.25) is 5.91 Å². The highest BCUT2D eigenvalue weighted by molar-refractivity contribution is 7.92. The van der Waals surface area contributed by atoms with Crippen LogP contribution in [-0.2, 0) is 19.6 Å². The monoisotopic (exact) mass is 506 g/mol. The second kappa shape index (κ2) is 10.2. The molecule has 1 amide bonds. The molecule has 0 unspecified atom stereocenters. The molecule has 0 aliphatic heterocycles. The van der Waals surface area contributed by atoms with Crippen LogP contribution in [0.15, 0.2) is 71.6 Å². The number of methoxy groups -OCH3 is 1. The van der Waals surface area contributed by atoms with Crippen molar-refractivity contribution in [1.82, 2.24) is 0 Å². The van der Waals surface area contributed by atoms with Crippen LogP contribution in [-0.4, -0.2) is 33.9 Å². The molecule has 172 valence electrons. The summed E-state index contributed by atoms with van der Waals surface area (Å²) in [7, 11) is -2.89. The zero-order chi connectivity index (χ0) is 24.2. The molecule has 7 nitrogen and oxygen atoms in total. The van der Waals surface area contributed by atoms with Gasteiger partial charge < -0.3 is 10.1 Å². The first-order valence-corrected chi connectivity index (χ1v) is 11.8. The highest BCUT2D eigenvalue weighted by atomic mass is 35.5. The number of carbonyl (C=O) groups is 2. The summed E-state index contributed by atoms with van der Waals surface area (Å²) in [6, 6.07) is 16.7. The number of esters is 1. The van der Waals surface area contributed by atoms with Gasteiger partial charge in [-0.25, -0.2) is 13.2 Å². The molecule has 0 aliphatic rings. The first-order valence-electron chi connectivity index (χ1n) is 9.65. The van der Waals surface area contributed by atoms with Gasteiger partial charge in [-0.1, -0.05) is 47.5 Å². The molecule has 0 saturated heterocycles. The van der Waals surface area contributed by atoms with E-state index in [1.165, 1.54) is 43.5 Å². The number of amides is 1. The third-order valence-electron chi connectivity index (χ3n) is 4.73. The molecule has 33 heavy (non-hydrogen) atoms. The predicted octanol–water partition coefficient (Wildman–Crippen LogP) is 4.92. The minimum atomic E-state index is -4.14. The molecule has 3 aromatic rings. The summed E-state index contributed by atoms with van der Waals surface area (Å²) in [6.45, 7) is 1.17. The normalized spacial score (nSPS) is 11.0. The number of halogens is 2. The van der Waals surface area contributed by atoms with Crippen LogP contribution in [0.5, 0.6) is 0 Å². The van der Waals surface area contributed by atoms with Crippen molar-refractivity contribution in [2.24, 2.45) is 0 Å². The highest BCUT2D eigenvalue weighted by Crippen LogP contribution is 2.32. The lowest BCUT2D eigenvalue weighted by molar-refractivity contribution is -0.114. The molecule has 0 aromatic heterocycles. The fourth-order valence-electron chi connectivity index (χ4n) is 3.02. The van der Waals surface area contributed by atoms with Gasteiger partial charge in [-0.3, -0.25) is 9.10 Å². The van der Waals surface area contributed by atoms with Crippen LogP contribution in [0, 0.1) is 6.92 Å². The smallest absolute Gasteiger partial charge is 0.337 e. The lowest BCUT2D eigenvalue weighted by Crippen LogP contribution is -2.38. The summed E-state index contributed by atoms with van der Waals surface area (Å²) in [4.78, 5) is 24.8. The van der Waals surface area contributed by atoms with Crippen LogP contribution < -0.4 is 9.62 Å². The first-order chi connectivity index (χ1) is 15.6. The molecule has 0 bridgehead atoms. The van der Waals surface area contributed by atoms with Gasteiger partial charge in [-0.2, -0.15) is 0 Å². The molecule has 3 aromatic carbocycles. The van der Waals surface area contributed by atoms with Crippen LogP contribution in [0.4, 0.5) is 11.4 Å². The molecule has 0 spiro atoms. The van der Waals surface area contributed by atoms with Crippen molar-refractivity contribution < 1.29 is 22.7 Å². The maximum absolute atomic E-state index is 13.4. The van der Waals surface area contributed by atoms with Gasteiger partial charge in [0.25, 0.3) is 10.0 Å². The summed E-state index contributed by atoms with van der Waals surface area (Å²) in [5, 5.41) is 3.05. The summed E-state index contributed by atoms with van der Waals surface area (Å²) in [6.07, 6.45) is 0. The van der Waals surface area contributed by atoms with Gasteiger partial charge >= 0.3 is 5.97 Å². The molecule has 0 radical (unpaired) electrons. The molecule has 0 fully saturated rings. The molecule has 0 saturated carbocycles. The number of nitrogens with one attached hydrogen (secondary N) is 1. The van der Waals surface area contributed by atoms with Crippen molar-refractivity contribution in [3.63, 3.8) is 0 Å². The highest BCUT2D eigenvalue weighted by Gasteiger charge is 2.29. The molecule has 10 heteroatoms. The van der Waals surface area contributed by atoms with Crippen LogP contribution >= 0.6 is 23.2 Å². The van der Waals surface area contributed by atoms with Gasteiger partial charge in [0, 0.05) is 10.7 Å². The second-order valence-electron chi connectivity index (χ2n) is 6.99. The zero-order valence-electron chi connectivity index (χ0n) is 17.7. The van der Waals surface area contributed by atoms with Gasteiger partial charge in [0.05, 0.1) is 28.3 Å². The number of anilines is 2. The number of hydrogen-bond donors (Lipinski definition) is 1. The SMILES string of the molecule is COC(=O)c1ccc(C)c(NC(=O)CN(c2ccc(Cl)cc2Cl)S(=O)(=O)c2ccccc2)c1. The Hall–Kier alpha value is -3.07. The quantitative estimate of drug-likeness (QED) is 0.459. The van der Waals surface area contributed by atoms with Crippen LogP contribution in [0.1, 0.15) is 15.9 Å². The molecular weight excluding hydrogens is 487 g/mol. The van der Waals surface area contributed by atoms with Crippen LogP contribution in [0.2, 0.25) is 10.0 Å². The molecule has 1 N–H and O–H groups in total. The van der Waals surface area contributed by atoms with E-state index in [1.807, 2.05) is 0 Å². The molecular formula is C23H20Cl2N2O5S. The van der Waals surface area contributed by atoms with Crippen molar-refractivity contribution >= 4 is 56.5 Å². The lowest BCUT2D eigenvalue weighted by atomic mass is 10.1. The van der Waals surface area contributed by atoms with Crippen molar-refractivity contribution in [2.45, 2.75) is 11.8 Å². The minimum Gasteiger partial charge on any atom is -0.465 e. The summed E-state index contributed by atoms with van der Waals surface area (Å²) < 4.78 is 32.4. The Kier molecular flexibility index (Phi) is 7.63. The largest absolute Gasteiger partial charge is 0.465 e. The van der Waals surface area contributed by atoms with Crippen LogP contribution in [0.25, 0.3) is 0 Å². The number of sulfonamides is 1. The van der Waals surface area contributed by atoms with E-state index in [0.717, 1.165) is 4.31 Å². The van der Waals surface area contributed by atoms with E-state index >= 15 is 0 Å². The second-order valence-corrected chi connectivity index (χ2v) is 9.70. The Morgan fingerprint density at radius 3 is 2.33 bits per heavy atom. The fraction of sp³-hybridized carbons (Fsp3) is 0.130. The van der Waals surface area contributed by atoms with Gasteiger partial charge in [-0.15, -0.1) is 0 Å². The lowest BCUT2D eigenvalue weighted by Gasteiger charge is -2.25. The van der Waals surface area contributed by atoms with E-state index in [-0.39, 0.29) is 21.2 Å². The number of benzene rings is 3. The van der Waals surface area contributed by atoms with E-state index in [2.05, 4.69) is 5.32 Å². The minimum absolute atomic E-state index is 0.00677. The molecule has 0 heterocycles. The standard InChI is InChI=1S/C23H20Cl2N2O5S/c1-15-8-9-16(23(29)32-2)12-20(15)26-22(28)14-27(21-11-10-17(24)13-19(21)25)33(30,31)18-6-4-3-5-7-18/h3-13H,14H2,1-2H3,(H,26,28). The maximum atomic E-state index is 13.4. The maximum Gasteiger partial charge on any atom is 0.337 e. The van der Waals surface area contributed by atoms with Gasteiger partial charge in [0.15, 0.2) is 0 Å². The zero-order valence-corrected chi connectivity index (χ0v) is 20.0. The van der Waals surface area contributed by atoms with Crippen molar-refractivity contribution in [2.75, 3.05) is 23.3 Å². The van der Waals surface area contributed by atoms with E-state index in [0.29, 0.717) is 16.3 Å². The third-order valence-corrected chi connectivity index (χ3v) is 7.04. The summed E-state index contributed by atoms with van der Waals surface area (Å²) in [5.74, 6) is -1.20. The van der Waals surface area contributed by atoms with Crippen LogP contribution in [0.3, 0.4) is 0 Å². The van der Waals surface area contributed by atoms with E-state index in [9.17, 15) is 18.0 Å². The Bertz CT molecular complexity index is 1300. The summed E-state index contributed by atoms with van der Waals surface area (Å²) >= 11 is 12.3. The molecule has 3 rings (SSSR count). The fourth-order valence-corrected chi connectivity index (χ4v) is 5.05. The predicted molar refractivity (Wildman–Crippen MR) is 129 cm³/mol. The average Bonchev–Trinajstić information content (AvgIpc) is 2.79. The van der Waals surface area contributed by atoms with Crippen molar-refractivity contribution in [3.05, 3.63) is 87.9 Å². The van der Waals surface area contributed by atoms with Gasteiger partial charge in [0.1, 0.15) is 6.54 Å². The average molecular weight is 507 g/mol. The molecule has 0 aliphatic carbocycles. The Labute approximate surface area is 201 Å². The Morgan fingerprint density at radius 1 is 1.00 bits per heavy atom. The third kappa shape index (κ3) is 5.65. The summed E-state index contributed by atoms with van der Waals surface area (Å²) in [5.41, 5.74) is 1.37. The number of nitrogens with zero attached hydrogens (tertiary/aromatic N) is 1. The molecule has 0 atom stereocenters. The van der Waals surface area contributed by atoms with Gasteiger partial charge in [-0.05, 0) is 55.0 Å². The van der Waals surface area contributed by atoms with E-state index in [4.69, 9.17) is 27.9 Å².